The van der Waals surface area contributed by atoms with E-state index in [0.29, 0.717) is 0 Å². The molecule has 0 aliphatic rings. The summed E-state index contributed by atoms with van der Waals surface area (Å²) >= 11 is 0. The Labute approximate surface area is 91.6 Å². The molecule has 0 heterocycles. The normalized spacial score (nSPS) is 11.8. The number of hydrogen-bond acceptors (Lipinski definition) is 4. The lowest BCUT2D eigenvalue weighted by atomic mass is 10.2. The first-order chi connectivity index (χ1) is 7.52. The molecule has 0 amide bonds. The number of rotatable bonds is 5. The number of nitro benzene ring substituents is 1. The Morgan fingerprint density at radius 1 is 1.56 bits per heavy atom. The van der Waals surface area contributed by atoms with Crippen LogP contribution < -0.4 is 4.74 Å². The maximum Gasteiger partial charge on any atom is 0.310 e. The molecule has 0 aliphatic heterocycles. The van der Waals surface area contributed by atoms with Crippen molar-refractivity contribution < 1.29 is 19.6 Å². The number of nitrogens with zero attached hydrogens (tertiary/aromatic N) is 1. The third-order valence-corrected chi connectivity index (χ3v) is 1.97. The molecule has 1 aromatic rings. The van der Waals surface area contributed by atoms with Crippen LogP contribution in [0.1, 0.15) is 6.92 Å². The molecule has 0 spiro atoms. The van der Waals surface area contributed by atoms with E-state index in [1.165, 1.54) is 25.1 Å². The number of carbonyl (C=O) groups is 1. The fraction of sp³-hybridized carbons (Fsp3) is 0.300. The molecular weight excluding hydrogens is 214 g/mol. The summed E-state index contributed by atoms with van der Waals surface area (Å²) in [7, 11) is 0. The number of benzene rings is 1. The van der Waals surface area contributed by atoms with Crippen LogP contribution in [0.25, 0.3) is 0 Å². The van der Waals surface area contributed by atoms with E-state index >= 15 is 0 Å². The van der Waals surface area contributed by atoms with Crippen LogP contribution in [0.5, 0.6) is 5.75 Å². The van der Waals surface area contributed by atoms with E-state index in [1.54, 1.807) is 6.07 Å². The van der Waals surface area contributed by atoms with Gasteiger partial charge in [-0.15, -0.1) is 0 Å². The van der Waals surface area contributed by atoms with Crippen LogP contribution in [-0.4, -0.2) is 22.6 Å². The van der Waals surface area contributed by atoms with Gasteiger partial charge in [0.1, 0.15) is 6.61 Å². The maximum absolute atomic E-state index is 10.6. The summed E-state index contributed by atoms with van der Waals surface area (Å²) in [6.07, 6.45) is 0. The number of hydrogen-bond donors (Lipinski definition) is 1. The van der Waals surface area contributed by atoms with Gasteiger partial charge in [0.2, 0.25) is 0 Å². The summed E-state index contributed by atoms with van der Waals surface area (Å²) in [6.45, 7) is 1.37. The van der Waals surface area contributed by atoms with E-state index in [2.05, 4.69) is 0 Å². The van der Waals surface area contributed by atoms with Gasteiger partial charge in [-0.25, -0.2) is 0 Å². The van der Waals surface area contributed by atoms with Gasteiger partial charge in [-0.2, -0.15) is 0 Å². The summed E-state index contributed by atoms with van der Waals surface area (Å²) in [5, 5.41) is 19.2. The summed E-state index contributed by atoms with van der Waals surface area (Å²) in [6, 6.07) is 5.85. The lowest BCUT2D eigenvalue weighted by molar-refractivity contribution is -0.385. The predicted molar refractivity (Wildman–Crippen MR) is 55.4 cm³/mol. The van der Waals surface area contributed by atoms with Crippen molar-refractivity contribution in [2.45, 2.75) is 6.92 Å². The third kappa shape index (κ3) is 2.94. The van der Waals surface area contributed by atoms with Crippen LogP contribution in [0.3, 0.4) is 0 Å². The molecule has 1 aromatic carbocycles. The maximum atomic E-state index is 10.6. The van der Waals surface area contributed by atoms with Crippen molar-refractivity contribution in [3.05, 3.63) is 34.4 Å². The minimum Gasteiger partial charge on any atom is -0.486 e. The van der Waals surface area contributed by atoms with E-state index in [9.17, 15) is 14.9 Å². The second kappa shape index (κ2) is 5.11. The van der Waals surface area contributed by atoms with Crippen LogP contribution in [0, 0.1) is 16.0 Å². The Balaban J connectivity index is 2.74. The van der Waals surface area contributed by atoms with E-state index in [4.69, 9.17) is 9.84 Å². The van der Waals surface area contributed by atoms with E-state index < -0.39 is 16.8 Å². The molecule has 0 saturated heterocycles. The topological polar surface area (TPSA) is 89.7 Å². The average Bonchev–Trinajstić information content (AvgIpc) is 2.25. The molecule has 0 saturated carbocycles. The quantitative estimate of drug-likeness (QED) is 0.608. The lowest BCUT2D eigenvalue weighted by Crippen LogP contribution is -2.18. The van der Waals surface area contributed by atoms with Gasteiger partial charge in [0, 0.05) is 6.07 Å². The second-order valence-electron chi connectivity index (χ2n) is 3.28. The highest BCUT2D eigenvalue weighted by molar-refractivity contribution is 5.69. The highest BCUT2D eigenvalue weighted by atomic mass is 16.6. The summed E-state index contributed by atoms with van der Waals surface area (Å²) < 4.78 is 5.10. The zero-order chi connectivity index (χ0) is 12.1. The van der Waals surface area contributed by atoms with Crippen LogP contribution in [0.2, 0.25) is 0 Å². The van der Waals surface area contributed by atoms with Gasteiger partial charge in [0.25, 0.3) is 0 Å². The fourth-order valence-electron chi connectivity index (χ4n) is 1.02. The first-order valence-electron chi connectivity index (χ1n) is 4.61. The zero-order valence-electron chi connectivity index (χ0n) is 8.62. The van der Waals surface area contributed by atoms with Crippen LogP contribution >= 0.6 is 0 Å². The van der Waals surface area contributed by atoms with Gasteiger partial charge in [0.05, 0.1) is 10.8 Å². The molecule has 1 atom stereocenters. The minimum atomic E-state index is -1.00. The highest BCUT2D eigenvalue weighted by Gasteiger charge is 2.17. The van der Waals surface area contributed by atoms with Gasteiger partial charge in [-0.1, -0.05) is 12.1 Å². The number of nitro groups is 1. The Hall–Kier alpha value is -2.11. The molecule has 1 rings (SSSR count). The van der Waals surface area contributed by atoms with Crippen LogP contribution in [0.15, 0.2) is 24.3 Å². The minimum absolute atomic E-state index is 0.0839. The molecule has 0 fully saturated rings. The largest absolute Gasteiger partial charge is 0.486 e. The fourth-order valence-corrected chi connectivity index (χ4v) is 1.02. The summed E-state index contributed by atoms with van der Waals surface area (Å²) in [5.74, 6) is -1.63. The number of carboxylic acid groups (broad SMARTS) is 1. The van der Waals surface area contributed by atoms with E-state index in [0.717, 1.165) is 0 Å². The molecular formula is C10H11NO5. The van der Waals surface area contributed by atoms with Crippen LogP contribution in [0.4, 0.5) is 5.69 Å². The Morgan fingerprint density at radius 2 is 2.19 bits per heavy atom. The van der Waals surface area contributed by atoms with Gasteiger partial charge >= 0.3 is 11.7 Å². The lowest BCUT2D eigenvalue weighted by Gasteiger charge is -2.08. The monoisotopic (exact) mass is 225 g/mol. The van der Waals surface area contributed by atoms with Gasteiger partial charge < -0.3 is 9.84 Å². The first-order valence-corrected chi connectivity index (χ1v) is 4.61. The molecule has 0 aromatic heterocycles. The Morgan fingerprint density at radius 3 is 2.75 bits per heavy atom. The van der Waals surface area contributed by atoms with Crippen LogP contribution in [-0.2, 0) is 4.79 Å². The van der Waals surface area contributed by atoms with Gasteiger partial charge in [-0.05, 0) is 13.0 Å². The highest BCUT2D eigenvalue weighted by Crippen LogP contribution is 2.26. The molecule has 16 heavy (non-hydrogen) atoms. The smallest absolute Gasteiger partial charge is 0.310 e. The Bertz CT molecular complexity index is 404. The molecule has 1 unspecified atom stereocenters. The summed E-state index contributed by atoms with van der Waals surface area (Å²) in [4.78, 5) is 20.6. The number of aliphatic carboxylic acids is 1. The van der Waals surface area contributed by atoms with Crippen molar-refractivity contribution in [2.75, 3.05) is 6.61 Å². The average molecular weight is 225 g/mol. The van der Waals surface area contributed by atoms with E-state index in [1.807, 2.05) is 0 Å². The standard InChI is InChI=1S/C10H11NO5/c1-7(10(12)13)6-16-9-5-3-2-4-8(9)11(14)15/h2-5,7H,6H2,1H3,(H,12,13). The molecule has 0 aliphatic carbocycles. The molecule has 86 valence electrons. The second-order valence-corrected chi connectivity index (χ2v) is 3.28. The zero-order valence-corrected chi connectivity index (χ0v) is 8.62. The molecule has 6 nitrogen and oxygen atoms in total. The van der Waals surface area contributed by atoms with Gasteiger partial charge in [-0.3, -0.25) is 14.9 Å². The summed E-state index contributed by atoms with van der Waals surface area (Å²) in [5.41, 5.74) is -0.167. The van der Waals surface area contributed by atoms with Crippen molar-refractivity contribution in [3.8, 4) is 5.75 Å². The van der Waals surface area contributed by atoms with Crippen molar-refractivity contribution in [1.82, 2.24) is 0 Å². The SMILES string of the molecule is CC(COc1ccccc1[N+](=O)[O-])C(=O)O. The number of carboxylic acids is 1. The molecule has 6 heteroatoms. The first kappa shape index (κ1) is 12.0. The number of ether oxygens (including phenoxy) is 1. The Kier molecular flexibility index (Phi) is 3.82. The third-order valence-electron chi connectivity index (χ3n) is 1.97. The van der Waals surface area contributed by atoms with Gasteiger partial charge in [0.15, 0.2) is 5.75 Å². The molecule has 0 bridgehead atoms. The number of para-hydroxylation sites is 2. The molecule has 0 radical (unpaired) electrons. The van der Waals surface area contributed by atoms with Crippen molar-refractivity contribution in [3.63, 3.8) is 0 Å². The van der Waals surface area contributed by atoms with Crippen molar-refractivity contribution in [2.24, 2.45) is 5.92 Å². The predicted octanol–water partition coefficient (Wildman–Crippen LogP) is 1.69. The van der Waals surface area contributed by atoms with Crippen molar-refractivity contribution in [1.29, 1.82) is 0 Å². The van der Waals surface area contributed by atoms with E-state index in [-0.39, 0.29) is 18.0 Å². The van der Waals surface area contributed by atoms with Crippen molar-refractivity contribution >= 4 is 11.7 Å². The molecule has 1 N–H and O–H groups in total.